The summed E-state index contributed by atoms with van der Waals surface area (Å²) in [6.07, 6.45) is 0. The molecule has 0 unspecified atom stereocenters. The Morgan fingerprint density at radius 2 is 1.90 bits per heavy atom. The first-order chi connectivity index (χ1) is 10.1. The van der Waals surface area contributed by atoms with Crippen LogP contribution in [0.5, 0.6) is 5.88 Å². The maximum atomic E-state index is 12.3. The lowest BCUT2D eigenvalue weighted by atomic mass is 10.1. The van der Waals surface area contributed by atoms with Gasteiger partial charge in [-0.2, -0.15) is 4.98 Å². The second-order valence-electron chi connectivity index (χ2n) is 4.19. The molecule has 0 atom stereocenters. The van der Waals surface area contributed by atoms with Crippen molar-refractivity contribution in [2.75, 3.05) is 0 Å². The lowest BCUT2D eigenvalue weighted by Crippen LogP contribution is -2.12. The molecule has 7 heteroatoms. The van der Waals surface area contributed by atoms with Gasteiger partial charge in [-0.3, -0.25) is 4.79 Å². The van der Waals surface area contributed by atoms with Crippen LogP contribution >= 0.6 is 43.2 Å². The van der Waals surface area contributed by atoms with E-state index in [9.17, 15) is 9.90 Å². The highest BCUT2D eigenvalue weighted by Gasteiger charge is 2.17. The van der Waals surface area contributed by atoms with Crippen LogP contribution in [0.15, 0.2) is 49.5 Å². The van der Waals surface area contributed by atoms with Gasteiger partial charge < -0.3 is 10.1 Å². The Hall–Kier alpha value is -1.44. The molecule has 2 N–H and O–H groups in total. The van der Waals surface area contributed by atoms with Crippen LogP contribution in [0.25, 0.3) is 21.8 Å². The lowest BCUT2D eigenvalue weighted by Gasteiger charge is -2.07. The summed E-state index contributed by atoms with van der Waals surface area (Å²) in [6.45, 7) is 0. The average molecular weight is 428 g/mol. The van der Waals surface area contributed by atoms with E-state index in [0.29, 0.717) is 11.4 Å². The Bertz CT molecular complexity index is 873. The third-order valence-corrected chi connectivity index (χ3v) is 5.41. The molecular weight excluding hydrogens is 420 g/mol. The maximum Gasteiger partial charge on any atom is 0.263 e. The molecule has 1 aromatic carbocycles. The van der Waals surface area contributed by atoms with Gasteiger partial charge in [0.15, 0.2) is 5.82 Å². The summed E-state index contributed by atoms with van der Waals surface area (Å²) in [5.74, 6) is 0.0520. The van der Waals surface area contributed by atoms with Crippen LogP contribution < -0.4 is 5.56 Å². The van der Waals surface area contributed by atoms with Crippen molar-refractivity contribution in [3.05, 3.63) is 55.0 Å². The van der Waals surface area contributed by atoms with E-state index < -0.39 is 0 Å². The maximum absolute atomic E-state index is 12.3. The summed E-state index contributed by atoms with van der Waals surface area (Å²) < 4.78 is 1.54. The summed E-state index contributed by atoms with van der Waals surface area (Å²) in [7, 11) is 0. The van der Waals surface area contributed by atoms with Crippen molar-refractivity contribution >= 4 is 43.2 Å². The molecular formula is C14H8Br2N2O2S. The second kappa shape index (κ2) is 5.75. The monoisotopic (exact) mass is 426 g/mol. The number of aromatic amines is 1. The van der Waals surface area contributed by atoms with E-state index >= 15 is 0 Å². The quantitative estimate of drug-likeness (QED) is 0.637. The van der Waals surface area contributed by atoms with Crippen molar-refractivity contribution in [3.8, 4) is 27.7 Å². The smallest absolute Gasteiger partial charge is 0.263 e. The molecule has 0 saturated carbocycles. The van der Waals surface area contributed by atoms with Gasteiger partial charge in [0, 0.05) is 14.5 Å². The molecule has 0 spiro atoms. The normalized spacial score (nSPS) is 10.8. The molecule has 0 radical (unpaired) electrons. The Morgan fingerprint density at radius 1 is 1.14 bits per heavy atom. The Kier molecular flexibility index (Phi) is 3.97. The van der Waals surface area contributed by atoms with Crippen molar-refractivity contribution in [1.29, 1.82) is 0 Å². The zero-order valence-electron chi connectivity index (χ0n) is 10.4. The molecule has 3 aromatic rings. The third kappa shape index (κ3) is 2.68. The van der Waals surface area contributed by atoms with Gasteiger partial charge in [-0.15, -0.1) is 11.3 Å². The molecule has 0 amide bonds. The topological polar surface area (TPSA) is 66.0 Å². The standard InChI is InChI=1S/C14H8Br2N2O2S/c15-8-4-2-1-3-7(8)10-13(19)17-12(18-14(10)20)11-9(16)5-6-21-11/h1-6H,(H2,17,18,19,20). The highest BCUT2D eigenvalue weighted by Crippen LogP contribution is 2.34. The van der Waals surface area contributed by atoms with Crippen molar-refractivity contribution in [2.24, 2.45) is 0 Å². The SMILES string of the molecule is O=c1[nH]c(-c2sccc2Br)nc(O)c1-c1ccccc1Br. The Balaban J connectivity index is 2.21. The van der Waals surface area contributed by atoms with Crippen molar-refractivity contribution < 1.29 is 5.11 Å². The average Bonchev–Trinajstić information content (AvgIpc) is 2.86. The fourth-order valence-electron chi connectivity index (χ4n) is 1.94. The fourth-order valence-corrected chi connectivity index (χ4v) is 3.93. The summed E-state index contributed by atoms with van der Waals surface area (Å²) in [6, 6.07) is 9.04. The number of benzene rings is 1. The first kappa shape index (κ1) is 14.5. The van der Waals surface area contributed by atoms with E-state index in [2.05, 4.69) is 41.8 Å². The number of aromatic nitrogens is 2. The number of halogens is 2. The number of nitrogens with one attached hydrogen (secondary N) is 1. The molecule has 0 saturated heterocycles. The molecule has 0 bridgehead atoms. The summed E-state index contributed by atoms with van der Waals surface area (Å²) in [5.41, 5.74) is 0.365. The molecule has 0 aliphatic carbocycles. The molecule has 0 aliphatic rings. The number of hydrogen-bond donors (Lipinski definition) is 2. The van der Waals surface area contributed by atoms with Crippen molar-refractivity contribution in [3.63, 3.8) is 0 Å². The van der Waals surface area contributed by atoms with E-state index in [1.165, 1.54) is 11.3 Å². The van der Waals surface area contributed by atoms with Gasteiger partial charge in [0.2, 0.25) is 5.88 Å². The highest BCUT2D eigenvalue weighted by molar-refractivity contribution is 9.11. The molecule has 0 fully saturated rings. The molecule has 3 rings (SSSR count). The van der Waals surface area contributed by atoms with Gasteiger partial charge in [0.25, 0.3) is 5.56 Å². The molecule has 2 aromatic heterocycles. The molecule has 21 heavy (non-hydrogen) atoms. The zero-order chi connectivity index (χ0) is 15.0. The minimum absolute atomic E-state index is 0.152. The van der Waals surface area contributed by atoms with Crippen molar-refractivity contribution in [1.82, 2.24) is 9.97 Å². The van der Waals surface area contributed by atoms with Crippen LogP contribution in [0.1, 0.15) is 0 Å². The number of hydrogen-bond acceptors (Lipinski definition) is 4. The van der Waals surface area contributed by atoms with E-state index in [-0.39, 0.29) is 17.0 Å². The van der Waals surface area contributed by atoms with Gasteiger partial charge in [-0.25, -0.2) is 0 Å². The lowest BCUT2D eigenvalue weighted by molar-refractivity contribution is 0.454. The number of nitrogens with zero attached hydrogens (tertiary/aromatic N) is 1. The van der Waals surface area contributed by atoms with E-state index in [1.807, 2.05) is 17.5 Å². The molecule has 0 aliphatic heterocycles. The Labute approximate surface area is 140 Å². The number of H-pyrrole nitrogens is 1. The van der Waals surface area contributed by atoms with E-state index in [4.69, 9.17) is 0 Å². The molecule has 2 heterocycles. The van der Waals surface area contributed by atoms with Gasteiger partial charge >= 0.3 is 0 Å². The number of rotatable bonds is 2. The summed E-state index contributed by atoms with van der Waals surface area (Å²) in [4.78, 5) is 19.9. The predicted octanol–water partition coefficient (Wildman–Crippen LogP) is 4.40. The fraction of sp³-hybridized carbons (Fsp3) is 0. The van der Waals surface area contributed by atoms with Crippen LogP contribution in [-0.4, -0.2) is 15.1 Å². The van der Waals surface area contributed by atoms with Gasteiger partial charge in [-0.05, 0) is 33.4 Å². The van der Waals surface area contributed by atoms with Crippen molar-refractivity contribution in [2.45, 2.75) is 0 Å². The molecule has 4 nitrogen and oxygen atoms in total. The Morgan fingerprint density at radius 3 is 2.52 bits per heavy atom. The van der Waals surface area contributed by atoms with Gasteiger partial charge in [0.05, 0.1) is 4.88 Å². The molecule has 106 valence electrons. The highest BCUT2D eigenvalue weighted by atomic mass is 79.9. The van der Waals surface area contributed by atoms with Crippen LogP contribution in [0.4, 0.5) is 0 Å². The van der Waals surface area contributed by atoms with Gasteiger partial charge in [0.1, 0.15) is 5.56 Å². The third-order valence-electron chi connectivity index (χ3n) is 2.88. The van der Waals surface area contributed by atoms with Crippen LogP contribution in [-0.2, 0) is 0 Å². The first-order valence-electron chi connectivity index (χ1n) is 5.89. The van der Waals surface area contributed by atoms with E-state index in [0.717, 1.165) is 13.8 Å². The largest absolute Gasteiger partial charge is 0.493 e. The first-order valence-corrected chi connectivity index (χ1v) is 8.36. The van der Waals surface area contributed by atoms with E-state index in [1.54, 1.807) is 18.2 Å². The predicted molar refractivity (Wildman–Crippen MR) is 90.7 cm³/mol. The van der Waals surface area contributed by atoms with Gasteiger partial charge in [-0.1, -0.05) is 34.1 Å². The van der Waals surface area contributed by atoms with Crippen LogP contribution in [0, 0.1) is 0 Å². The number of thiophene rings is 1. The zero-order valence-corrected chi connectivity index (χ0v) is 14.4. The number of aromatic hydroxyl groups is 1. The summed E-state index contributed by atoms with van der Waals surface area (Å²) in [5, 5.41) is 12.1. The minimum atomic E-state index is -0.385. The minimum Gasteiger partial charge on any atom is -0.493 e. The van der Waals surface area contributed by atoms with Crippen LogP contribution in [0.2, 0.25) is 0 Å². The second-order valence-corrected chi connectivity index (χ2v) is 6.82. The summed E-state index contributed by atoms with van der Waals surface area (Å²) >= 11 is 8.18. The van der Waals surface area contributed by atoms with Crippen LogP contribution in [0.3, 0.4) is 0 Å².